The summed E-state index contributed by atoms with van der Waals surface area (Å²) in [5.41, 5.74) is 0.811. The lowest BCUT2D eigenvalue weighted by Gasteiger charge is -2.19. The lowest BCUT2D eigenvalue weighted by atomic mass is 10.3. The number of hydrogen-bond donors (Lipinski definition) is 1. The predicted octanol–water partition coefficient (Wildman–Crippen LogP) is 1.44. The molecule has 2 rings (SSSR count). The van der Waals surface area contributed by atoms with Gasteiger partial charge in [0.2, 0.25) is 5.91 Å². The van der Waals surface area contributed by atoms with Crippen molar-refractivity contribution in [2.45, 2.75) is 13.0 Å². The number of nitrogens with zero attached hydrogens (tertiary/aromatic N) is 3. The number of amides is 1. The molecular formula is C13H19ClN4O. The van der Waals surface area contributed by atoms with Crippen LogP contribution in [0.25, 0.3) is 0 Å². The van der Waals surface area contributed by atoms with E-state index in [1.54, 1.807) is 4.90 Å². The molecule has 1 amide bonds. The van der Waals surface area contributed by atoms with Crippen molar-refractivity contribution >= 4 is 23.3 Å². The summed E-state index contributed by atoms with van der Waals surface area (Å²) in [5.74, 6) is 0.941. The first-order valence-electron chi connectivity index (χ1n) is 6.39. The van der Waals surface area contributed by atoms with E-state index in [9.17, 15) is 4.79 Å². The number of aromatic nitrogens is 1. The third-order valence-electron chi connectivity index (χ3n) is 3.30. The molecule has 0 bridgehead atoms. The van der Waals surface area contributed by atoms with Gasteiger partial charge in [0.1, 0.15) is 5.82 Å². The van der Waals surface area contributed by atoms with Crippen LogP contribution in [-0.2, 0) is 11.3 Å². The molecule has 104 valence electrons. The number of carbonyl (C=O) groups is 1. The fourth-order valence-electron chi connectivity index (χ4n) is 2.13. The van der Waals surface area contributed by atoms with Crippen LogP contribution in [0, 0.1) is 0 Å². The zero-order valence-electron chi connectivity index (χ0n) is 11.3. The molecule has 1 aromatic heterocycles. The molecule has 0 unspecified atom stereocenters. The van der Waals surface area contributed by atoms with Crippen LogP contribution < -0.4 is 5.32 Å². The molecule has 1 aliphatic rings. The third kappa shape index (κ3) is 3.58. The number of pyridine rings is 1. The van der Waals surface area contributed by atoms with E-state index in [0.717, 1.165) is 31.0 Å². The van der Waals surface area contributed by atoms with Gasteiger partial charge in [-0.2, -0.15) is 0 Å². The number of nitrogens with one attached hydrogen (secondary N) is 1. The van der Waals surface area contributed by atoms with E-state index in [1.165, 1.54) is 0 Å². The number of anilines is 1. The largest absolute Gasteiger partial charge is 0.373 e. The van der Waals surface area contributed by atoms with Gasteiger partial charge in [-0.25, -0.2) is 4.98 Å². The Morgan fingerprint density at radius 3 is 2.95 bits per heavy atom. The molecule has 1 saturated heterocycles. The van der Waals surface area contributed by atoms with Gasteiger partial charge in [0, 0.05) is 33.7 Å². The maximum atomic E-state index is 11.8. The molecule has 0 radical (unpaired) electrons. The minimum Gasteiger partial charge on any atom is -0.373 e. The SMILES string of the molecule is CNc1ccc(Cl)c(CN2CCCN(C)C(=O)C2)n1. The van der Waals surface area contributed by atoms with Crippen molar-refractivity contribution in [2.24, 2.45) is 0 Å². The average Bonchev–Trinajstić information content (AvgIpc) is 2.55. The van der Waals surface area contributed by atoms with Gasteiger partial charge < -0.3 is 10.2 Å². The summed E-state index contributed by atoms with van der Waals surface area (Å²) in [6.45, 7) is 2.73. The zero-order valence-corrected chi connectivity index (χ0v) is 12.1. The minimum absolute atomic E-state index is 0.151. The van der Waals surface area contributed by atoms with E-state index < -0.39 is 0 Å². The van der Waals surface area contributed by atoms with E-state index in [4.69, 9.17) is 11.6 Å². The van der Waals surface area contributed by atoms with Gasteiger partial charge in [0.25, 0.3) is 0 Å². The van der Waals surface area contributed by atoms with Crippen LogP contribution in [0.5, 0.6) is 0 Å². The normalized spacial score (nSPS) is 17.4. The molecule has 0 aromatic carbocycles. The van der Waals surface area contributed by atoms with Crippen LogP contribution in [0.2, 0.25) is 5.02 Å². The maximum Gasteiger partial charge on any atom is 0.236 e. The Morgan fingerprint density at radius 2 is 2.21 bits per heavy atom. The standard InChI is InChI=1S/C13H19ClN4O/c1-15-12-5-4-10(14)11(16-12)8-18-7-3-6-17(2)13(19)9-18/h4-5H,3,6-9H2,1-2H3,(H,15,16). The van der Waals surface area contributed by atoms with Crippen LogP contribution >= 0.6 is 11.6 Å². The van der Waals surface area contributed by atoms with Crippen molar-refractivity contribution in [2.75, 3.05) is 39.0 Å². The van der Waals surface area contributed by atoms with Crippen molar-refractivity contribution in [3.8, 4) is 0 Å². The zero-order chi connectivity index (χ0) is 13.8. The van der Waals surface area contributed by atoms with Crippen LogP contribution in [-0.4, -0.2) is 54.4 Å². The fraction of sp³-hybridized carbons (Fsp3) is 0.538. The molecule has 1 N–H and O–H groups in total. The number of halogens is 1. The van der Waals surface area contributed by atoms with E-state index in [0.29, 0.717) is 18.1 Å². The van der Waals surface area contributed by atoms with Crippen molar-refractivity contribution in [3.63, 3.8) is 0 Å². The van der Waals surface area contributed by atoms with Crippen LogP contribution in [0.15, 0.2) is 12.1 Å². The van der Waals surface area contributed by atoms with Crippen LogP contribution in [0.3, 0.4) is 0 Å². The molecular weight excluding hydrogens is 264 g/mol. The lowest BCUT2D eigenvalue weighted by molar-refractivity contribution is -0.130. The highest BCUT2D eigenvalue weighted by Gasteiger charge is 2.20. The summed E-state index contributed by atoms with van der Waals surface area (Å²) in [7, 11) is 3.67. The Bertz CT molecular complexity index is 466. The monoisotopic (exact) mass is 282 g/mol. The fourth-order valence-corrected chi connectivity index (χ4v) is 2.29. The molecule has 6 heteroatoms. The van der Waals surface area contributed by atoms with Gasteiger partial charge in [-0.15, -0.1) is 0 Å². The van der Waals surface area contributed by atoms with Crippen LogP contribution in [0.4, 0.5) is 5.82 Å². The Balaban J connectivity index is 2.09. The Hall–Kier alpha value is -1.33. The predicted molar refractivity (Wildman–Crippen MR) is 76.3 cm³/mol. The van der Waals surface area contributed by atoms with Gasteiger partial charge in [0.05, 0.1) is 17.3 Å². The van der Waals surface area contributed by atoms with Crippen LogP contribution in [0.1, 0.15) is 12.1 Å². The summed E-state index contributed by atoms with van der Waals surface area (Å²) in [6.07, 6.45) is 0.978. The topological polar surface area (TPSA) is 48.5 Å². The Morgan fingerprint density at radius 1 is 1.42 bits per heavy atom. The highest BCUT2D eigenvalue weighted by Crippen LogP contribution is 2.19. The summed E-state index contributed by atoms with van der Waals surface area (Å²) in [5, 5.41) is 3.64. The lowest BCUT2D eigenvalue weighted by Crippen LogP contribution is -2.34. The van der Waals surface area contributed by atoms with Crippen molar-refractivity contribution < 1.29 is 4.79 Å². The van der Waals surface area contributed by atoms with Gasteiger partial charge >= 0.3 is 0 Å². The molecule has 0 aliphatic carbocycles. The molecule has 2 heterocycles. The second-order valence-electron chi connectivity index (χ2n) is 4.75. The highest BCUT2D eigenvalue weighted by molar-refractivity contribution is 6.31. The molecule has 1 aromatic rings. The van der Waals surface area contributed by atoms with Gasteiger partial charge in [0.15, 0.2) is 0 Å². The molecule has 5 nitrogen and oxygen atoms in total. The highest BCUT2D eigenvalue weighted by atomic mass is 35.5. The smallest absolute Gasteiger partial charge is 0.236 e. The van der Waals surface area contributed by atoms with Crippen molar-refractivity contribution in [1.82, 2.24) is 14.8 Å². The Labute approximate surface area is 118 Å². The number of hydrogen-bond acceptors (Lipinski definition) is 4. The van der Waals surface area contributed by atoms with E-state index >= 15 is 0 Å². The van der Waals surface area contributed by atoms with E-state index in [-0.39, 0.29) is 5.91 Å². The first-order chi connectivity index (χ1) is 9.10. The average molecular weight is 283 g/mol. The van der Waals surface area contributed by atoms with E-state index in [1.807, 2.05) is 26.2 Å². The van der Waals surface area contributed by atoms with Crippen molar-refractivity contribution in [3.05, 3.63) is 22.8 Å². The summed E-state index contributed by atoms with van der Waals surface area (Å²) in [6, 6.07) is 3.68. The first kappa shape index (κ1) is 14.1. The van der Waals surface area contributed by atoms with E-state index in [2.05, 4.69) is 15.2 Å². The molecule has 19 heavy (non-hydrogen) atoms. The summed E-state index contributed by atoms with van der Waals surface area (Å²) in [4.78, 5) is 20.2. The first-order valence-corrected chi connectivity index (χ1v) is 6.77. The van der Waals surface area contributed by atoms with Gasteiger partial charge in [-0.05, 0) is 18.6 Å². The number of carbonyl (C=O) groups excluding carboxylic acids is 1. The molecule has 0 spiro atoms. The molecule has 0 atom stereocenters. The second-order valence-corrected chi connectivity index (χ2v) is 5.16. The molecule has 0 saturated carbocycles. The van der Waals surface area contributed by atoms with Gasteiger partial charge in [-0.3, -0.25) is 9.69 Å². The molecule has 1 aliphatic heterocycles. The maximum absolute atomic E-state index is 11.8. The van der Waals surface area contributed by atoms with Gasteiger partial charge in [-0.1, -0.05) is 11.6 Å². The number of likely N-dealkylation sites (N-methyl/N-ethyl adjacent to an activating group) is 1. The summed E-state index contributed by atoms with van der Waals surface area (Å²) < 4.78 is 0. The molecule has 1 fully saturated rings. The van der Waals surface area contributed by atoms with Crippen molar-refractivity contribution in [1.29, 1.82) is 0 Å². The minimum atomic E-state index is 0.151. The Kier molecular flexibility index (Phi) is 4.61. The quantitative estimate of drug-likeness (QED) is 0.911. The third-order valence-corrected chi connectivity index (χ3v) is 3.64. The summed E-state index contributed by atoms with van der Waals surface area (Å²) >= 11 is 6.17. The second kappa shape index (κ2) is 6.21. The number of rotatable bonds is 3.